The summed E-state index contributed by atoms with van der Waals surface area (Å²) in [4.78, 5) is 7.80. The Morgan fingerprint density at radius 3 is 2.95 bits per heavy atom. The molecule has 0 spiro atoms. The summed E-state index contributed by atoms with van der Waals surface area (Å²) in [5.41, 5.74) is 7.17. The Morgan fingerprint density at radius 1 is 1.53 bits per heavy atom. The number of hydrogen-bond donors (Lipinski definition) is 1. The van der Waals surface area contributed by atoms with Crippen molar-refractivity contribution in [3.8, 4) is 0 Å². The largest absolute Gasteiger partial charge is 0.326 e. The number of nitrogens with zero attached hydrogens (tertiary/aromatic N) is 2. The molecule has 1 saturated heterocycles. The molecule has 1 aliphatic heterocycles. The molecule has 1 fully saturated rings. The van der Waals surface area contributed by atoms with Gasteiger partial charge in [-0.1, -0.05) is 6.92 Å². The number of thiophene rings is 1. The van der Waals surface area contributed by atoms with Gasteiger partial charge in [0.25, 0.3) is 0 Å². The number of rotatable bonds is 6. The van der Waals surface area contributed by atoms with Crippen LogP contribution in [0.15, 0.2) is 6.07 Å². The van der Waals surface area contributed by atoms with E-state index in [0.29, 0.717) is 6.54 Å². The van der Waals surface area contributed by atoms with Crippen molar-refractivity contribution in [2.75, 3.05) is 26.7 Å². The standard InChI is InChI=1S/C15H27N3S/c1-4-18-7-5-6-14(18)11-17(3)10-13-8-15(9-16)19-12(13)2/h8,14H,4-7,9-11,16H2,1-3H3. The molecule has 108 valence electrons. The summed E-state index contributed by atoms with van der Waals surface area (Å²) in [5.74, 6) is 0. The molecule has 2 rings (SSSR count). The zero-order chi connectivity index (χ0) is 13.8. The number of likely N-dealkylation sites (N-methyl/N-ethyl adjacent to an activating group) is 2. The van der Waals surface area contributed by atoms with E-state index in [4.69, 9.17) is 5.73 Å². The fourth-order valence-corrected chi connectivity index (χ4v) is 4.01. The molecule has 0 bridgehead atoms. The minimum absolute atomic E-state index is 0.668. The van der Waals surface area contributed by atoms with Crippen molar-refractivity contribution >= 4 is 11.3 Å². The second kappa shape index (κ2) is 6.84. The van der Waals surface area contributed by atoms with Crippen molar-refractivity contribution in [3.63, 3.8) is 0 Å². The predicted octanol–water partition coefficient (Wildman–Crippen LogP) is 2.43. The minimum atomic E-state index is 0.668. The van der Waals surface area contributed by atoms with E-state index in [0.717, 1.165) is 12.6 Å². The molecule has 0 aliphatic carbocycles. The van der Waals surface area contributed by atoms with E-state index in [9.17, 15) is 0 Å². The third-order valence-electron chi connectivity index (χ3n) is 4.14. The summed E-state index contributed by atoms with van der Waals surface area (Å²) >= 11 is 1.84. The highest BCUT2D eigenvalue weighted by molar-refractivity contribution is 7.12. The van der Waals surface area contributed by atoms with Crippen molar-refractivity contribution in [2.24, 2.45) is 5.73 Å². The molecule has 1 unspecified atom stereocenters. The Morgan fingerprint density at radius 2 is 2.32 bits per heavy atom. The fraction of sp³-hybridized carbons (Fsp3) is 0.733. The van der Waals surface area contributed by atoms with E-state index in [1.165, 1.54) is 47.8 Å². The Labute approximate surface area is 121 Å². The number of hydrogen-bond acceptors (Lipinski definition) is 4. The average Bonchev–Trinajstić information content (AvgIpc) is 2.96. The van der Waals surface area contributed by atoms with Gasteiger partial charge in [-0.25, -0.2) is 0 Å². The van der Waals surface area contributed by atoms with Crippen molar-refractivity contribution < 1.29 is 0 Å². The second-order valence-electron chi connectivity index (χ2n) is 5.62. The maximum Gasteiger partial charge on any atom is 0.0274 e. The molecule has 0 amide bonds. The number of likely N-dealkylation sites (tertiary alicyclic amines) is 1. The van der Waals surface area contributed by atoms with Crippen molar-refractivity contribution in [1.29, 1.82) is 0 Å². The van der Waals surface area contributed by atoms with Crippen molar-refractivity contribution in [3.05, 3.63) is 21.4 Å². The van der Waals surface area contributed by atoms with Gasteiger partial charge in [-0.2, -0.15) is 0 Å². The second-order valence-corrected chi connectivity index (χ2v) is 6.96. The first-order chi connectivity index (χ1) is 9.13. The normalized spacial score (nSPS) is 20.6. The van der Waals surface area contributed by atoms with Crippen LogP contribution in [0, 0.1) is 6.92 Å². The lowest BCUT2D eigenvalue weighted by molar-refractivity contribution is 0.195. The monoisotopic (exact) mass is 281 g/mol. The molecule has 0 saturated carbocycles. The minimum Gasteiger partial charge on any atom is -0.326 e. The molecule has 2 heterocycles. The molecule has 2 N–H and O–H groups in total. The van der Waals surface area contributed by atoms with Crippen LogP contribution >= 0.6 is 11.3 Å². The first-order valence-corrected chi connectivity index (χ1v) is 8.16. The summed E-state index contributed by atoms with van der Waals surface area (Å²) < 4.78 is 0. The van der Waals surface area contributed by atoms with Crippen LogP contribution < -0.4 is 5.73 Å². The quantitative estimate of drug-likeness (QED) is 0.869. The van der Waals surface area contributed by atoms with Gasteiger partial charge in [-0.3, -0.25) is 4.90 Å². The molecule has 4 heteroatoms. The first kappa shape index (κ1) is 15.0. The van der Waals surface area contributed by atoms with Crippen LogP contribution in [0.5, 0.6) is 0 Å². The van der Waals surface area contributed by atoms with E-state index in [-0.39, 0.29) is 0 Å². The third-order valence-corrected chi connectivity index (χ3v) is 5.26. The van der Waals surface area contributed by atoms with Gasteiger partial charge in [0.15, 0.2) is 0 Å². The van der Waals surface area contributed by atoms with Crippen LogP contribution in [-0.2, 0) is 13.1 Å². The van der Waals surface area contributed by atoms with Gasteiger partial charge in [0.05, 0.1) is 0 Å². The van der Waals surface area contributed by atoms with Crippen molar-refractivity contribution in [2.45, 2.75) is 45.8 Å². The van der Waals surface area contributed by atoms with E-state index in [2.05, 4.69) is 36.8 Å². The lowest BCUT2D eigenvalue weighted by Gasteiger charge is -2.27. The van der Waals surface area contributed by atoms with Crippen LogP contribution in [-0.4, -0.2) is 42.5 Å². The summed E-state index contributed by atoms with van der Waals surface area (Å²) in [6.45, 7) is 9.85. The number of aryl methyl sites for hydroxylation is 1. The van der Waals surface area contributed by atoms with Gasteiger partial charge in [-0.15, -0.1) is 11.3 Å². The van der Waals surface area contributed by atoms with E-state index < -0.39 is 0 Å². The fourth-order valence-electron chi connectivity index (χ4n) is 3.08. The third kappa shape index (κ3) is 3.78. The zero-order valence-corrected chi connectivity index (χ0v) is 13.3. The first-order valence-electron chi connectivity index (χ1n) is 7.34. The van der Waals surface area contributed by atoms with Gasteiger partial charge in [-0.05, 0) is 51.5 Å². The summed E-state index contributed by atoms with van der Waals surface area (Å²) in [6, 6.07) is 3.03. The zero-order valence-electron chi connectivity index (χ0n) is 12.5. The van der Waals surface area contributed by atoms with E-state index in [1.54, 1.807) is 0 Å². The highest BCUT2D eigenvalue weighted by atomic mass is 32.1. The molecule has 1 aliphatic rings. The van der Waals surface area contributed by atoms with Crippen molar-refractivity contribution in [1.82, 2.24) is 9.80 Å². The highest BCUT2D eigenvalue weighted by Crippen LogP contribution is 2.23. The summed E-state index contributed by atoms with van der Waals surface area (Å²) in [7, 11) is 2.24. The molecular formula is C15H27N3S. The van der Waals surface area contributed by atoms with Crippen LogP contribution in [0.4, 0.5) is 0 Å². The smallest absolute Gasteiger partial charge is 0.0274 e. The molecule has 1 atom stereocenters. The Kier molecular flexibility index (Phi) is 5.39. The van der Waals surface area contributed by atoms with Gasteiger partial charge in [0.2, 0.25) is 0 Å². The van der Waals surface area contributed by atoms with E-state index in [1.807, 2.05) is 11.3 Å². The molecule has 0 radical (unpaired) electrons. The van der Waals surface area contributed by atoms with Gasteiger partial charge in [0.1, 0.15) is 0 Å². The Hall–Kier alpha value is -0.420. The topological polar surface area (TPSA) is 32.5 Å². The van der Waals surface area contributed by atoms with Crippen LogP contribution in [0.3, 0.4) is 0 Å². The summed E-state index contributed by atoms with van der Waals surface area (Å²) in [5, 5.41) is 0. The SMILES string of the molecule is CCN1CCCC1CN(C)Cc1cc(CN)sc1C. The Bertz CT molecular complexity index is 402. The van der Waals surface area contributed by atoms with Gasteiger partial charge >= 0.3 is 0 Å². The van der Waals surface area contributed by atoms with Crippen LogP contribution in [0.2, 0.25) is 0 Å². The molecule has 19 heavy (non-hydrogen) atoms. The van der Waals surface area contributed by atoms with E-state index >= 15 is 0 Å². The molecule has 1 aromatic heterocycles. The van der Waals surface area contributed by atoms with Gasteiger partial charge in [0, 0.05) is 35.4 Å². The van der Waals surface area contributed by atoms with Crippen LogP contribution in [0.25, 0.3) is 0 Å². The van der Waals surface area contributed by atoms with Gasteiger partial charge < -0.3 is 10.6 Å². The highest BCUT2D eigenvalue weighted by Gasteiger charge is 2.24. The molecule has 3 nitrogen and oxygen atoms in total. The Balaban J connectivity index is 1.89. The maximum atomic E-state index is 5.72. The van der Waals surface area contributed by atoms with Crippen LogP contribution in [0.1, 0.15) is 35.1 Å². The predicted molar refractivity (Wildman–Crippen MR) is 83.6 cm³/mol. The molecule has 0 aromatic carbocycles. The lowest BCUT2D eigenvalue weighted by atomic mass is 10.2. The number of nitrogens with two attached hydrogens (primary N) is 1. The lowest BCUT2D eigenvalue weighted by Crippen LogP contribution is -2.38. The summed E-state index contributed by atoms with van der Waals surface area (Å²) in [6.07, 6.45) is 2.72. The average molecular weight is 281 g/mol. The molecule has 1 aromatic rings. The molecular weight excluding hydrogens is 254 g/mol. The maximum absolute atomic E-state index is 5.72.